The predicted octanol–water partition coefficient (Wildman–Crippen LogP) is 6.10. The first-order valence-electron chi connectivity index (χ1n) is 8.17. The van der Waals surface area contributed by atoms with Gasteiger partial charge in [-0.2, -0.15) is 0 Å². The number of benzene rings is 3. The summed E-state index contributed by atoms with van der Waals surface area (Å²) in [5, 5.41) is 5.48. The Labute approximate surface area is 177 Å². The molecule has 3 rings (SSSR count). The van der Waals surface area contributed by atoms with E-state index in [1.54, 1.807) is 24.3 Å². The standard InChI is InChI=1S/C20H10F6N2S2/c21-13-5-9(6-14(22)17(13)25)19(29)27-11-1-2-12(4-3-11)28-20(30)10-7-15(23)18(26)16(24)8-10/h1-8H,(H,27,29)(H,28,30). The third-order valence-corrected chi connectivity index (χ3v) is 4.57. The van der Waals surface area contributed by atoms with E-state index in [0.29, 0.717) is 11.4 Å². The molecular weight excluding hydrogens is 446 g/mol. The Morgan fingerprint density at radius 2 is 0.800 bits per heavy atom. The van der Waals surface area contributed by atoms with Crippen molar-refractivity contribution in [3.8, 4) is 0 Å². The smallest absolute Gasteiger partial charge is 0.194 e. The number of nitrogens with one attached hydrogen (secondary N) is 2. The van der Waals surface area contributed by atoms with Gasteiger partial charge in [-0.15, -0.1) is 0 Å². The molecule has 0 amide bonds. The van der Waals surface area contributed by atoms with E-state index in [2.05, 4.69) is 10.6 Å². The van der Waals surface area contributed by atoms with Gasteiger partial charge < -0.3 is 10.6 Å². The molecule has 3 aromatic carbocycles. The highest BCUT2D eigenvalue weighted by Gasteiger charge is 2.14. The maximum absolute atomic E-state index is 13.3. The maximum Gasteiger partial charge on any atom is 0.194 e. The molecule has 0 saturated carbocycles. The lowest BCUT2D eigenvalue weighted by Crippen LogP contribution is -2.13. The highest BCUT2D eigenvalue weighted by atomic mass is 32.1. The zero-order valence-electron chi connectivity index (χ0n) is 14.7. The van der Waals surface area contributed by atoms with E-state index < -0.39 is 34.9 Å². The Hall–Kier alpha value is -2.98. The van der Waals surface area contributed by atoms with Gasteiger partial charge in [0.05, 0.1) is 0 Å². The molecule has 0 unspecified atom stereocenters. The fourth-order valence-electron chi connectivity index (χ4n) is 2.42. The van der Waals surface area contributed by atoms with Crippen molar-refractivity contribution in [2.24, 2.45) is 0 Å². The Balaban J connectivity index is 1.69. The molecule has 0 fully saturated rings. The number of halogens is 6. The van der Waals surface area contributed by atoms with Crippen molar-refractivity contribution in [3.05, 3.63) is 94.6 Å². The fourth-order valence-corrected chi connectivity index (χ4v) is 2.89. The highest BCUT2D eigenvalue weighted by Crippen LogP contribution is 2.20. The number of anilines is 2. The van der Waals surface area contributed by atoms with Gasteiger partial charge in [-0.3, -0.25) is 0 Å². The van der Waals surface area contributed by atoms with E-state index in [-0.39, 0.29) is 21.1 Å². The first-order chi connectivity index (χ1) is 14.2. The van der Waals surface area contributed by atoms with E-state index in [1.807, 2.05) is 0 Å². The van der Waals surface area contributed by atoms with E-state index >= 15 is 0 Å². The largest absolute Gasteiger partial charge is 0.346 e. The van der Waals surface area contributed by atoms with E-state index in [0.717, 1.165) is 24.3 Å². The molecule has 2 N–H and O–H groups in total. The molecule has 0 aliphatic heterocycles. The van der Waals surface area contributed by atoms with Gasteiger partial charge in [-0.1, -0.05) is 24.4 Å². The van der Waals surface area contributed by atoms with E-state index in [4.69, 9.17) is 24.4 Å². The van der Waals surface area contributed by atoms with Crippen molar-refractivity contribution in [2.45, 2.75) is 0 Å². The molecule has 0 aliphatic carbocycles. The molecular formula is C20H10F6N2S2. The molecule has 0 bridgehead atoms. The summed E-state index contributed by atoms with van der Waals surface area (Å²) in [6, 6.07) is 9.23. The summed E-state index contributed by atoms with van der Waals surface area (Å²) in [4.78, 5) is -0.0809. The monoisotopic (exact) mass is 456 g/mol. The van der Waals surface area contributed by atoms with Crippen molar-refractivity contribution in [2.75, 3.05) is 10.6 Å². The summed E-state index contributed by atoms with van der Waals surface area (Å²) < 4.78 is 79.4. The van der Waals surface area contributed by atoms with Crippen LogP contribution in [0.5, 0.6) is 0 Å². The van der Waals surface area contributed by atoms with Crippen LogP contribution in [0, 0.1) is 34.9 Å². The van der Waals surface area contributed by atoms with Gasteiger partial charge in [0.25, 0.3) is 0 Å². The van der Waals surface area contributed by atoms with Gasteiger partial charge in [0.2, 0.25) is 0 Å². The minimum Gasteiger partial charge on any atom is -0.346 e. The quantitative estimate of drug-likeness (QED) is 0.282. The summed E-state index contributed by atoms with van der Waals surface area (Å²) in [7, 11) is 0. The van der Waals surface area contributed by atoms with Gasteiger partial charge in [0.15, 0.2) is 34.9 Å². The molecule has 30 heavy (non-hydrogen) atoms. The molecule has 0 spiro atoms. The maximum atomic E-state index is 13.3. The van der Waals surface area contributed by atoms with E-state index in [9.17, 15) is 26.3 Å². The van der Waals surface area contributed by atoms with Crippen LogP contribution in [-0.4, -0.2) is 9.98 Å². The highest BCUT2D eigenvalue weighted by molar-refractivity contribution is 7.81. The Kier molecular flexibility index (Phi) is 6.37. The first-order valence-corrected chi connectivity index (χ1v) is 8.99. The van der Waals surface area contributed by atoms with Crippen LogP contribution in [0.15, 0.2) is 48.5 Å². The normalized spacial score (nSPS) is 10.6. The van der Waals surface area contributed by atoms with Gasteiger partial charge >= 0.3 is 0 Å². The van der Waals surface area contributed by atoms with Gasteiger partial charge in [-0.05, 0) is 48.5 Å². The van der Waals surface area contributed by atoms with Crippen LogP contribution in [0.1, 0.15) is 11.1 Å². The average Bonchev–Trinajstić information content (AvgIpc) is 2.70. The Morgan fingerprint density at radius 1 is 0.533 bits per heavy atom. The zero-order chi connectivity index (χ0) is 22.0. The SMILES string of the molecule is Fc1cc(C(=S)Nc2ccc(NC(=S)c3cc(F)c(F)c(F)c3)cc2)cc(F)c1F. The van der Waals surface area contributed by atoms with Crippen molar-refractivity contribution in [1.29, 1.82) is 0 Å². The lowest BCUT2D eigenvalue weighted by molar-refractivity contribution is 0.447. The summed E-state index contributed by atoms with van der Waals surface area (Å²) in [6.07, 6.45) is 0. The molecule has 0 saturated heterocycles. The number of hydrogen-bond donors (Lipinski definition) is 2. The summed E-state index contributed by atoms with van der Waals surface area (Å²) in [5.41, 5.74) is 0.788. The average molecular weight is 456 g/mol. The van der Waals surface area contributed by atoms with Gasteiger partial charge in [0, 0.05) is 22.5 Å². The van der Waals surface area contributed by atoms with Crippen LogP contribution in [0.2, 0.25) is 0 Å². The van der Waals surface area contributed by atoms with Crippen LogP contribution >= 0.6 is 24.4 Å². The molecule has 2 nitrogen and oxygen atoms in total. The number of hydrogen-bond acceptors (Lipinski definition) is 2. The lowest BCUT2D eigenvalue weighted by atomic mass is 10.2. The van der Waals surface area contributed by atoms with Crippen molar-refractivity contribution < 1.29 is 26.3 Å². The second kappa shape index (κ2) is 8.80. The second-order valence-electron chi connectivity index (χ2n) is 5.99. The van der Waals surface area contributed by atoms with Crippen LogP contribution in [0.3, 0.4) is 0 Å². The Morgan fingerprint density at radius 3 is 1.07 bits per heavy atom. The number of thiocarbonyl (C=S) groups is 2. The number of rotatable bonds is 4. The second-order valence-corrected chi connectivity index (χ2v) is 6.81. The van der Waals surface area contributed by atoms with Gasteiger partial charge in [0.1, 0.15) is 9.98 Å². The lowest BCUT2D eigenvalue weighted by Gasteiger charge is -2.12. The topological polar surface area (TPSA) is 24.1 Å². The summed E-state index contributed by atoms with van der Waals surface area (Å²) >= 11 is 10.1. The molecule has 0 radical (unpaired) electrons. The fraction of sp³-hybridized carbons (Fsp3) is 0. The minimum absolute atomic E-state index is 0.0405. The van der Waals surface area contributed by atoms with Crippen molar-refractivity contribution >= 4 is 45.8 Å². The molecule has 3 aromatic rings. The van der Waals surface area contributed by atoms with Gasteiger partial charge in [-0.25, -0.2) is 26.3 Å². The van der Waals surface area contributed by atoms with Crippen molar-refractivity contribution in [3.63, 3.8) is 0 Å². The van der Waals surface area contributed by atoms with Crippen LogP contribution < -0.4 is 10.6 Å². The van der Waals surface area contributed by atoms with Crippen LogP contribution in [-0.2, 0) is 0 Å². The molecule has 0 atom stereocenters. The summed E-state index contributed by atoms with van der Waals surface area (Å²) in [5.74, 6) is -8.64. The Bertz CT molecular complexity index is 1010. The van der Waals surface area contributed by atoms with Crippen LogP contribution in [0.4, 0.5) is 37.7 Å². The minimum atomic E-state index is -1.59. The zero-order valence-corrected chi connectivity index (χ0v) is 16.3. The predicted molar refractivity (Wildman–Crippen MR) is 110 cm³/mol. The molecule has 10 heteroatoms. The third kappa shape index (κ3) is 4.77. The molecule has 0 aliphatic rings. The summed E-state index contributed by atoms with van der Waals surface area (Å²) in [6.45, 7) is 0. The van der Waals surface area contributed by atoms with Crippen LogP contribution in [0.25, 0.3) is 0 Å². The molecule has 154 valence electrons. The van der Waals surface area contributed by atoms with Crippen molar-refractivity contribution in [1.82, 2.24) is 0 Å². The van der Waals surface area contributed by atoms with E-state index in [1.165, 1.54) is 0 Å². The molecule has 0 heterocycles. The third-order valence-electron chi connectivity index (χ3n) is 3.89. The molecule has 0 aromatic heterocycles. The first kappa shape index (κ1) is 21.7.